The molecular weight excluding hydrogens is 300 g/mol. The largest absolute Gasteiger partial charge is 0.352 e. The fraction of sp³-hybridized carbons (Fsp3) is 0.533. The fourth-order valence-electron chi connectivity index (χ4n) is 2.80. The number of sulfonamides is 1. The summed E-state index contributed by atoms with van der Waals surface area (Å²) in [7, 11) is -1.06. The van der Waals surface area contributed by atoms with Gasteiger partial charge in [0.2, 0.25) is 10.0 Å². The van der Waals surface area contributed by atoms with E-state index in [1.165, 1.54) is 4.31 Å². The van der Waals surface area contributed by atoms with Crippen LogP contribution >= 0.6 is 0 Å². The molecule has 22 heavy (non-hydrogen) atoms. The van der Waals surface area contributed by atoms with E-state index in [9.17, 15) is 8.42 Å². The summed E-state index contributed by atoms with van der Waals surface area (Å²) in [6, 6.07) is 7.71. The molecule has 0 saturated carbocycles. The van der Waals surface area contributed by atoms with Crippen LogP contribution in [0.15, 0.2) is 29.3 Å². The van der Waals surface area contributed by atoms with Crippen molar-refractivity contribution in [1.29, 1.82) is 0 Å². The highest BCUT2D eigenvalue weighted by Gasteiger charge is 2.28. The van der Waals surface area contributed by atoms with E-state index in [2.05, 4.69) is 15.2 Å². The Morgan fingerprint density at radius 3 is 2.59 bits per heavy atom. The number of hydrogen-bond donors (Lipinski definition) is 1. The molecule has 1 aromatic carbocycles. The molecule has 0 aliphatic carbocycles. The van der Waals surface area contributed by atoms with Gasteiger partial charge in [0.15, 0.2) is 5.96 Å². The van der Waals surface area contributed by atoms with E-state index in [0.717, 1.165) is 36.7 Å². The Morgan fingerprint density at radius 2 is 1.95 bits per heavy atom. The SMILES string of the molecule is CN1CCCN=C1NCc1ccc(N2CCCS2(=O)=O)cc1. The third-order valence-electron chi connectivity index (χ3n) is 4.05. The molecule has 0 atom stereocenters. The Morgan fingerprint density at radius 1 is 1.18 bits per heavy atom. The van der Waals surface area contributed by atoms with Gasteiger partial charge in [0.05, 0.1) is 11.4 Å². The van der Waals surface area contributed by atoms with Crippen LogP contribution in [0.2, 0.25) is 0 Å². The molecule has 0 radical (unpaired) electrons. The van der Waals surface area contributed by atoms with E-state index in [1.54, 1.807) is 0 Å². The molecule has 0 aromatic heterocycles. The second kappa shape index (κ2) is 6.16. The average Bonchev–Trinajstić information content (AvgIpc) is 2.86. The van der Waals surface area contributed by atoms with E-state index in [0.29, 0.717) is 19.5 Å². The third kappa shape index (κ3) is 3.19. The van der Waals surface area contributed by atoms with Crippen LogP contribution in [0.3, 0.4) is 0 Å². The standard InChI is InChI=1S/C15H22N4O2S/c1-18-9-2-8-16-15(18)17-12-13-4-6-14(7-5-13)19-10-3-11-22(19,20)21/h4-7H,2-3,8-12H2,1H3,(H,16,17). The summed E-state index contributed by atoms with van der Waals surface area (Å²) in [5.74, 6) is 1.18. The van der Waals surface area contributed by atoms with Gasteiger partial charge in [0.25, 0.3) is 0 Å². The molecule has 2 aliphatic heterocycles. The van der Waals surface area contributed by atoms with Gasteiger partial charge >= 0.3 is 0 Å². The molecule has 0 unspecified atom stereocenters. The summed E-state index contributed by atoms with van der Waals surface area (Å²) in [5.41, 5.74) is 1.87. The zero-order valence-electron chi connectivity index (χ0n) is 12.8. The Balaban J connectivity index is 1.63. The van der Waals surface area contributed by atoms with Gasteiger partial charge in [-0.25, -0.2) is 8.42 Å². The van der Waals surface area contributed by atoms with E-state index in [4.69, 9.17) is 0 Å². The summed E-state index contributed by atoms with van der Waals surface area (Å²) in [5, 5.41) is 3.34. The van der Waals surface area contributed by atoms with Crippen molar-refractivity contribution in [2.45, 2.75) is 19.4 Å². The van der Waals surface area contributed by atoms with E-state index in [1.807, 2.05) is 31.3 Å². The highest BCUT2D eigenvalue weighted by molar-refractivity contribution is 7.93. The highest BCUT2D eigenvalue weighted by Crippen LogP contribution is 2.24. The van der Waals surface area contributed by atoms with Gasteiger partial charge in [-0.3, -0.25) is 9.30 Å². The molecule has 1 N–H and O–H groups in total. The zero-order chi connectivity index (χ0) is 15.6. The van der Waals surface area contributed by atoms with Crippen molar-refractivity contribution >= 4 is 21.7 Å². The number of aliphatic imine (C=N–C) groups is 1. The summed E-state index contributed by atoms with van der Waals surface area (Å²) in [6.45, 7) is 3.17. The molecule has 1 aromatic rings. The van der Waals surface area contributed by atoms with Crippen molar-refractivity contribution in [3.63, 3.8) is 0 Å². The first-order chi connectivity index (χ1) is 10.6. The van der Waals surface area contributed by atoms with Crippen LogP contribution < -0.4 is 9.62 Å². The summed E-state index contributed by atoms with van der Waals surface area (Å²) < 4.78 is 25.3. The van der Waals surface area contributed by atoms with Crippen molar-refractivity contribution in [2.75, 3.05) is 36.7 Å². The molecule has 7 heteroatoms. The molecule has 0 spiro atoms. The fourth-order valence-corrected chi connectivity index (χ4v) is 4.37. The predicted molar refractivity (Wildman–Crippen MR) is 88.6 cm³/mol. The van der Waals surface area contributed by atoms with Gasteiger partial charge in [-0.15, -0.1) is 0 Å². The van der Waals surface area contributed by atoms with Gasteiger partial charge in [0.1, 0.15) is 0 Å². The Bertz CT molecular complexity index is 655. The smallest absolute Gasteiger partial charge is 0.235 e. The van der Waals surface area contributed by atoms with Crippen LogP contribution in [0.5, 0.6) is 0 Å². The first-order valence-corrected chi connectivity index (χ1v) is 9.26. The molecule has 0 bridgehead atoms. The van der Waals surface area contributed by atoms with Crippen molar-refractivity contribution < 1.29 is 8.42 Å². The van der Waals surface area contributed by atoms with Gasteiger partial charge in [0, 0.05) is 33.2 Å². The maximum Gasteiger partial charge on any atom is 0.235 e. The lowest BCUT2D eigenvalue weighted by Gasteiger charge is -2.25. The van der Waals surface area contributed by atoms with Gasteiger partial charge in [-0.1, -0.05) is 12.1 Å². The molecule has 120 valence electrons. The van der Waals surface area contributed by atoms with Gasteiger partial charge in [-0.2, -0.15) is 0 Å². The minimum Gasteiger partial charge on any atom is -0.352 e. The van der Waals surface area contributed by atoms with Gasteiger partial charge in [-0.05, 0) is 30.5 Å². The normalized spacial score (nSPS) is 20.9. The third-order valence-corrected chi connectivity index (χ3v) is 5.92. The summed E-state index contributed by atoms with van der Waals surface area (Å²) >= 11 is 0. The molecule has 0 amide bonds. The number of nitrogens with zero attached hydrogens (tertiary/aromatic N) is 3. The highest BCUT2D eigenvalue weighted by atomic mass is 32.2. The lowest BCUT2D eigenvalue weighted by atomic mass is 10.2. The Labute approximate surface area is 131 Å². The number of anilines is 1. The number of nitrogens with one attached hydrogen (secondary N) is 1. The summed E-state index contributed by atoms with van der Waals surface area (Å²) in [6.07, 6.45) is 1.80. The lowest BCUT2D eigenvalue weighted by Crippen LogP contribution is -2.41. The molecule has 6 nitrogen and oxygen atoms in total. The number of hydrogen-bond acceptors (Lipinski definition) is 5. The van der Waals surface area contributed by atoms with Crippen LogP contribution in [0.1, 0.15) is 18.4 Å². The quantitative estimate of drug-likeness (QED) is 0.902. The molecule has 2 heterocycles. The summed E-state index contributed by atoms with van der Waals surface area (Å²) in [4.78, 5) is 6.59. The van der Waals surface area contributed by atoms with Crippen LogP contribution in [0, 0.1) is 0 Å². The van der Waals surface area contributed by atoms with E-state index >= 15 is 0 Å². The first-order valence-electron chi connectivity index (χ1n) is 7.65. The van der Waals surface area contributed by atoms with Crippen molar-refractivity contribution in [1.82, 2.24) is 10.2 Å². The lowest BCUT2D eigenvalue weighted by molar-refractivity contribution is 0.446. The second-order valence-electron chi connectivity index (χ2n) is 5.74. The molecular formula is C15H22N4O2S. The number of benzene rings is 1. The average molecular weight is 322 g/mol. The van der Waals surface area contributed by atoms with E-state index in [-0.39, 0.29) is 5.75 Å². The Hall–Kier alpha value is -1.76. The molecule has 1 saturated heterocycles. The number of guanidine groups is 1. The van der Waals surface area contributed by atoms with Gasteiger partial charge < -0.3 is 10.2 Å². The minimum absolute atomic E-state index is 0.252. The van der Waals surface area contributed by atoms with Crippen LogP contribution in [-0.2, 0) is 16.6 Å². The van der Waals surface area contributed by atoms with Crippen molar-refractivity contribution in [2.24, 2.45) is 4.99 Å². The van der Waals surface area contributed by atoms with Crippen molar-refractivity contribution in [3.8, 4) is 0 Å². The predicted octanol–water partition coefficient (Wildman–Crippen LogP) is 1.01. The monoisotopic (exact) mass is 322 g/mol. The van der Waals surface area contributed by atoms with Crippen LogP contribution in [0.4, 0.5) is 5.69 Å². The van der Waals surface area contributed by atoms with E-state index < -0.39 is 10.0 Å². The second-order valence-corrected chi connectivity index (χ2v) is 7.75. The first kappa shape index (κ1) is 15.1. The van der Waals surface area contributed by atoms with Crippen LogP contribution in [-0.4, -0.2) is 51.7 Å². The zero-order valence-corrected chi connectivity index (χ0v) is 13.6. The number of rotatable bonds is 3. The maximum atomic E-state index is 11.9. The van der Waals surface area contributed by atoms with Crippen LogP contribution in [0.25, 0.3) is 0 Å². The Kier molecular flexibility index (Phi) is 4.24. The molecule has 3 rings (SSSR count). The topological polar surface area (TPSA) is 65.0 Å². The van der Waals surface area contributed by atoms with Crippen molar-refractivity contribution in [3.05, 3.63) is 29.8 Å². The minimum atomic E-state index is -3.10. The molecule has 1 fully saturated rings. The maximum absolute atomic E-state index is 11.9. The molecule has 2 aliphatic rings.